The highest BCUT2D eigenvalue weighted by atomic mass is 19.4. The van der Waals surface area contributed by atoms with Gasteiger partial charge in [-0.15, -0.1) is 0 Å². The molecule has 0 atom stereocenters. The minimum atomic E-state index is -5.01. The van der Waals surface area contributed by atoms with E-state index in [-0.39, 0.29) is 17.8 Å². The fraction of sp³-hybridized carbons (Fsp3) is 0.0556. The minimum Gasteiger partial charge on any atom is -0.449 e. The molecule has 11 heteroatoms. The summed E-state index contributed by atoms with van der Waals surface area (Å²) in [5.41, 5.74) is -3.10. The highest BCUT2D eigenvalue weighted by Gasteiger charge is 2.33. The third-order valence-electron chi connectivity index (χ3n) is 3.33. The van der Waals surface area contributed by atoms with E-state index < -0.39 is 52.0 Å². The van der Waals surface area contributed by atoms with Gasteiger partial charge in [-0.05, 0) is 24.3 Å². The average Bonchev–Trinajstić information content (AvgIpc) is 2.65. The second-order valence-corrected chi connectivity index (χ2v) is 5.22. The van der Waals surface area contributed by atoms with E-state index in [9.17, 15) is 26.3 Å². The van der Waals surface area contributed by atoms with Crippen molar-refractivity contribution in [3.63, 3.8) is 0 Å². The van der Waals surface area contributed by atoms with E-state index in [0.717, 1.165) is 12.1 Å². The van der Waals surface area contributed by atoms with Gasteiger partial charge in [0.15, 0.2) is 28.7 Å². The first-order valence-electron chi connectivity index (χ1n) is 7.36. The lowest BCUT2D eigenvalue weighted by atomic mass is 10.2. The molecule has 0 aliphatic heterocycles. The van der Waals surface area contributed by atoms with E-state index in [2.05, 4.69) is 5.32 Å². The molecule has 0 saturated heterocycles. The smallest absolute Gasteiger partial charge is 0.416 e. The molecule has 0 unspecified atom stereocenters. The van der Waals surface area contributed by atoms with Crippen LogP contribution < -0.4 is 10.1 Å². The van der Waals surface area contributed by atoms with Crippen molar-refractivity contribution < 1.29 is 31.1 Å². The lowest BCUT2D eigenvalue weighted by molar-refractivity contribution is -0.138. The summed E-state index contributed by atoms with van der Waals surface area (Å²) in [5, 5.41) is 28.9. The number of nitrogens with zero attached hydrogens (tertiary/aromatic N) is 3. The van der Waals surface area contributed by atoms with Crippen molar-refractivity contribution in [1.29, 1.82) is 15.8 Å². The molecular weight excluding hydrogens is 402 g/mol. The van der Waals surface area contributed by atoms with Crippen LogP contribution in [0.4, 0.5) is 32.0 Å². The normalized spacial score (nSPS) is 10.3. The van der Waals surface area contributed by atoms with Crippen LogP contribution in [0.15, 0.2) is 41.6 Å². The molecule has 0 fully saturated rings. The van der Waals surface area contributed by atoms with Gasteiger partial charge in [0.05, 0.1) is 11.3 Å². The predicted molar refractivity (Wildman–Crippen MR) is 85.3 cm³/mol. The van der Waals surface area contributed by atoms with Crippen molar-refractivity contribution in [2.24, 2.45) is 0 Å². The van der Waals surface area contributed by atoms with E-state index in [0.29, 0.717) is 6.07 Å². The average molecular weight is 408 g/mol. The second kappa shape index (κ2) is 8.24. The Hall–Kier alpha value is -4.17. The first kappa shape index (κ1) is 21.1. The van der Waals surface area contributed by atoms with Crippen molar-refractivity contribution in [3.8, 4) is 29.7 Å². The molecular formula is C18H6F6N4O. The van der Waals surface area contributed by atoms with Crippen LogP contribution in [-0.2, 0) is 6.18 Å². The predicted octanol–water partition coefficient (Wildman–Crippen LogP) is 5.15. The van der Waals surface area contributed by atoms with Gasteiger partial charge in [-0.25, -0.2) is 13.2 Å². The largest absolute Gasteiger partial charge is 0.449 e. The molecule has 2 aromatic rings. The maximum absolute atomic E-state index is 14.0. The molecule has 5 nitrogen and oxygen atoms in total. The Bertz CT molecular complexity index is 1080. The first-order valence-corrected chi connectivity index (χ1v) is 7.36. The van der Waals surface area contributed by atoms with Gasteiger partial charge in [0, 0.05) is 6.07 Å². The molecule has 1 N–H and O–H groups in total. The van der Waals surface area contributed by atoms with E-state index in [4.69, 9.17) is 20.5 Å². The van der Waals surface area contributed by atoms with Gasteiger partial charge in [-0.3, -0.25) is 0 Å². The molecule has 0 aliphatic rings. The number of ether oxygens (including phenoxy) is 1. The van der Waals surface area contributed by atoms with Gasteiger partial charge >= 0.3 is 6.18 Å². The van der Waals surface area contributed by atoms with Crippen LogP contribution in [0.25, 0.3) is 0 Å². The maximum Gasteiger partial charge on any atom is 0.416 e. The van der Waals surface area contributed by atoms with Gasteiger partial charge in [-0.1, -0.05) is 0 Å². The zero-order chi connectivity index (χ0) is 21.8. The molecule has 146 valence electrons. The molecule has 0 bridgehead atoms. The zero-order valence-electron chi connectivity index (χ0n) is 13.9. The molecule has 0 aromatic heterocycles. The van der Waals surface area contributed by atoms with Crippen LogP contribution in [0.3, 0.4) is 0 Å². The molecule has 0 amide bonds. The summed E-state index contributed by atoms with van der Waals surface area (Å²) in [5.74, 6) is -6.24. The van der Waals surface area contributed by atoms with Gasteiger partial charge in [0.2, 0.25) is 0 Å². The molecule has 29 heavy (non-hydrogen) atoms. The second-order valence-electron chi connectivity index (χ2n) is 5.22. The fourth-order valence-electron chi connectivity index (χ4n) is 2.03. The number of hydrogen-bond donors (Lipinski definition) is 1. The lowest BCUT2D eigenvalue weighted by Gasteiger charge is -2.15. The van der Waals surface area contributed by atoms with Crippen molar-refractivity contribution >= 4 is 5.69 Å². The summed E-state index contributed by atoms with van der Waals surface area (Å²) in [7, 11) is 0. The summed E-state index contributed by atoms with van der Waals surface area (Å²) in [6.07, 6.45) is -5.01. The number of nitriles is 3. The molecule has 0 aliphatic carbocycles. The number of nitrogens with one attached hydrogen (secondary N) is 1. The monoisotopic (exact) mass is 408 g/mol. The van der Waals surface area contributed by atoms with Crippen LogP contribution >= 0.6 is 0 Å². The van der Waals surface area contributed by atoms with Crippen molar-refractivity contribution in [3.05, 3.63) is 64.6 Å². The number of anilines is 1. The lowest BCUT2D eigenvalue weighted by Crippen LogP contribution is -2.08. The van der Waals surface area contributed by atoms with Crippen LogP contribution in [0.1, 0.15) is 5.56 Å². The summed E-state index contributed by atoms with van der Waals surface area (Å²) < 4.78 is 84.3. The number of hydrogen-bond acceptors (Lipinski definition) is 5. The summed E-state index contributed by atoms with van der Waals surface area (Å²) in [6, 6.07) is 6.83. The Morgan fingerprint density at radius 2 is 1.48 bits per heavy atom. The summed E-state index contributed by atoms with van der Waals surface area (Å²) in [4.78, 5) is 0. The summed E-state index contributed by atoms with van der Waals surface area (Å²) >= 11 is 0. The SMILES string of the molecule is N#CC(C#N)=C(C#N)Nc1ccc(F)cc1Oc1c(F)cc(C(F)(F)F)cc1F. The van der Waals surface area contributed by atoms with Crippen molar-refractivity contribution in [1.82, 2.24) is 0 Å². The molecule has 0 saturated carbocycles. The van der Waals surface area contributed by atoms with Crippen molar-refractivity contribution in [2.45, 2.75) is 6.18 Å². The van der Waals surface area contributed by atoms with Crippen LogP contribution in [0, 0.1) is 51.4 Å². The summed E-state index contributed by atoms with van der Waals surface area (Å²) in [6.45, 7) is 0. The Morgan fingerprint density at radius 1 is 0.897 bits per heavy atom. The third-order valence-corrected chi connectivity index (χ3v) is 3.33. The molecule has 0 radical (unpaired) electrons. The third kappa shape index (κ3) is 4.76. The molecule has 2 rings (SSSR count). The zero-order valence-corrected chi connectivity index (χ0v) is 13.9. The number of allylic oxidation sites excluding steroid dienone is 2. The quantitative estimate of drug-likeness (QED) is 0.558. The van der Waals surface area contributed by atoms with Crippen molar-refractivity contribution in [2.75, 3.05) is 5.32 Å². The maximum atomic E-state index is 14.0. The van der Waals surface area contributed by atoms with Gasteiger partial charge < -0.3 is 10.1 Å². The standard InChI is InChI=1S/C18H6F6N4O/c19-11-1-2-14(28-15(8-27)9(6-25)7-26)16(5-11)29-17-12(20)3-10(4-13(17)21)18(22,23)24/h1-5,28H. The fourth-order valence-corrected chi connectivity index (χ4v) is 2.03. The van der Waals surface area contributed by atoms with Gasteiger partial charge in [0.1, 0.15) is 29.7 Å². The molecule has 0 heterocycles. The van der Waals surface area contributed by atoms with E-state index >= 15 is 0 Å². The Morgan fingerprint density at radius 3 is 1.97 bits per heavy atom. The molecule has 0 spiro atoms. The highest BCUT2D eigenvalue weighted by Crippen LogP contribution is 2.38. The van der Waals surface area contributed by atoms with Crippen LogP contribution in [0.2, 0.25) is 0 Å². The van der Waals surface area contributed by atoms with E-state index in [1.807, 2.05) is 0 Å². The van der Waals surface area contributed by atoms with Crippen LogP contribution in [-0.4, -0.2) is 0 Å². The minimum absolute atomic E-state index is 0.00507. The van der Waals surface area contributed by atoms with E-state index in [1.54, 1.807) is 0 Å². The molecule has 2 aromatic carbocycles. The number of rotatable bonds is 4. The van der Waals surface area contributed by atoms with E-state index in [1.165, 1.54) is 18.2 Å². The number of alkyl halides is 3. The Labute approximate surface area is 159 Å². The van der Waals surface area contributed by atoms with Crippen LogP contribution in [0.5, 0.6) is 11.5 Å². The Kier molecular flexibility index (Phi) is 6.00. The van der Waals surface area contributed by atoms with Gasteiger partial charge in [-0.2, -0.15) is 29.0 Å². The van der Waals surface area contributed by atoms with Gasteiger partial charge in [0.25, 0.3) is 0 Å². The number of halogens is 6. The number of benzene rings is 2. The first-order chi connectivity index (χ1) is 13.6. The topological polar surface area (TPSA) is 92.6 Å². The highest BCUT2D eigenvalue weighted by molar-refractivity contribution is 5.65. The Balaban J connectivity index is 2.52.